The van der Waals surface area contributed by atoms with E-state index in [1.807, 2.05) is 0 Å². The van der Waals surface area contributed by atoms with Gasteiger partial charge in [-0.1, -0.05) is 13.2 Å². The molecule has 0 radical (unpaired) electrons. The van der Waals surface area contributed by atoms with Crippen molar-refractivity contribution in [3.63, 3.8) is 0 Å². The molecule has 2 amide bonds. The number of nitrogens with one attached hydrogen (secondary N) is 2. The lowest BCUT2D eigenvalue weighted by molar-refractivity contribution is -0.113. The first-order valence-electron chi connectivity index (χ1n) is 13.5. The molecule has 0 heterocycles. The minimum atomic E-state index is -3.83. The third-order valence-corrected chi connectivity index (χ3v) is 8.14. The Morgan fingerprint density at radius 3 is 1.22 bits per heavy atom. The molecule has 0 aromatic heterocycles. The van der Waals surface area contributed by atoms with Crippen LogP contribution in [0.2, 0.25) is 0 Å². The normalized spacial score (nSPS) is 10.8. The Morgan fingerprint density at radius 2 is 0.911 bits per heavy atom. The first-order valence-corrected chi connectivity index (χ1v) is 15.0. The molecule has 4 aromatic carbocycles. The van der Waals surface area contributed by atoms with Crippen LogP contribution in [0, 0.1) is 0 Å². The fraction of sp³-hybridized carbons (Fsp3) is 0.118. The highest BCUT2D eigenvalue weighted by Gasteiger charge is 2.19. The second-order valence-electron chi connectivity index (χ2n) is 9.84. The van der Waals surface area contributed by atoms with Gasteiger partial charge in [0.1, 0.15) is 34.5 Å². The van der Waals surface area contributed by atoms with Crippen molar-refractivity contribution in [2.75, 3.05) is 24.9 Å². The van der Waals surface area contributed by atoms with E-state index < -0.39 is 9.84 Å². The second kappa shape index (κ2) is 13.8. The maximum absolute atomic E-state index is 13.3. The van der Waals surface area contributed by atoms with E-state index in [9.17, 15) is 18.0 Å². The average molecular weight is 629 g/mol. The molecule has 4 rings (SSSR count). The number of methoxy groups -OCH3 is 2. The van der Waals surface area contributed by atoms with Crippen LogP contribution in [-0.2, 0) is 19.4 Å². The first-order chi connectivity index (χ1) is 21.4. The molecule has 0 spiro atoms. The third kappa shape index (κ3) is 7.89. The van der Waals surface area contributed by atoms with Crippen LogP contribution in [0.1, 0.15) is 13.8 Å². The van der Waals surface area contributed by atoms with Gasteiger partial charge in [-0.15, -0.1) is 0 Å². The van der Waals surface area contributed by atoms with Crippen LogP contribution in [0.15, 0.2) is 119 Å². The Kier molecular flexibility index (Phi) is 9.95. The molecule has 4 aromatic rings. The number of hydrogen-bond acceptors (Lipinski definition) is 8. The average Bonchev–Trinajstić information content (AvgIpc) is 3.02. The van der Waals surface area contributed by atoms with E-state index >= 15 is 0 Å². The number of amides is 2. The van der Waals surface area contributed by atoms with Gasteiger partial charge in [0.15, 0.2) is 0 Å². The standard InChI is InChI=1S/C34H32N2O8S/c1-21(2)33(37)35-29-17-11-25(19-31(29)41-5)43-23-7-13-27(14-8-23)45(39,40)28-15-9-24(10-16-28)44-26-12-18-30(32(20-26)42-6)36-34(38)22(3)4/h7-20H,1,3H2,2,4-6H3,(H,35,37)(H,36,38). The van der Waals surface area contributed by atoms with Crippen molar-refractivity contribution in [1.82, 2.24) is 0 Å². The van der Waals surface area contributed by atoms with Crippen molar-refractivity contribution in [1.29, 1.82) is 0 Å². The van der Waals surface area contributed by atoms with Crippen LogP contribution in [0.3, 0.4) is 0 Å². The first kappa shape index (κ1) is 32.4. The Labute approximate surface area is 261 Å². The Balaban J connectivity index is 1.44. The van der Waals surface area contributed by atoms with Crippen molar-refractivity contribution < 1.29 is 37.0 Å². The number of ether oxygens (including phenoxy) is 4. The number of sulfone groups is 1. The Hall–Kier alpha value is -5.55. The number of carbonyl (C=O) groups is 2. The molecule has 0 saturated carbocycles. The molecule has 0 aliphatic carbocycles. The summed E-state index contributed by atoms with van der Waals surface area (Å²) in [5.74, 6) is 1.76. The fourth-order valence-electron chi connectivity index (χ4n) is 3.92. The highest BCUT2D eigenvalue weighted by Crippen LogP contribution is 2.34. The van der Waals surface area contributed by atoms with Crippen LogP contribution in [0.25, 0.3) is 0 Å². The maximum Gasteiger partial charge on any atom is 0.250 e. The summed E-state index contributed by atoms with van der Waals surface area (Å²) >= 11 is 0. The zero-order valence-corrected chi connectivity index (χ0v) is 26.0. The van der Waals surface area contributed by atoms with E-state index in [0.717, 1.165) is 0 Å². The highest BCUT2D eigenvalue weighted by atomic mass is 32.2. The lowest BCUT2D eigenvalue weighted by atomic mass is 10.2. The highest BCUT2D eigenvalue weighted by molar-refractivity contribution is 7.91. The molecular weight excluding hydrogens is 596 g/mol. The topological polar surface area (TPSA) is 129 Å². The number of benzene rings is 4. The summed E-state index contributed by atoms with van der Waals surface area (Å²) < 4.78 is 49.0. The van der Waals surface area contributed by atoms with E-state index in [1.165, 1.54) is 38.5 Å². The number of hydrogen-bond donors (Lipinski definition) is 2. The largest absolute Gasteiger partial charge is 0.494 e. The molecule has 0 aliphatic heterocycles. The van der Waals surface area contributed by atoms with Crippen molar-refractivity contribution in [2.45, 2.75) is 23.6 Å². The van der Waals surface area contributed by atoms with E-state index in [4.69, 9.17) is 18.9 Å². The molecule has 0 saturated heterocycles. The molecule has 2 N–H and O–H groups in total. The SMILES string of the molecule is C=C(C)C(=O)Nc1ccc(Oc2ccc(S(=O)(=O)c3ccc(Oc4ccc(NC(=O)C(=C)C)c(OC)c4)cc3)cc2)cc1OC. The van der Waals surface area contributed by atoms with Crippen molar-refractivity contribution >= 4 is 33.0 Å². The van der Waals surface area contributed by atoms with E-state index in [0.29, 0.717) is 57.0 Å². The molecule has 0 fully saturated rings. The summed E-state index contributed by atoms with van der Waals surface area (Å²) in [7, 11) is -0.896. The number of anilines is 2. The second-order valence-corrected chi connectivity index (χ2v) is 11.8. The zero-order valence-electron chi connectivity index (χ0n) is 25.2. The van der Waals surface area contributed by atoms with Gasteiger partial charge in [0.05, 0.1) is 35.4 Å². The van der Waals surface area contributed by atoms with Gasteiger partial charge in [-0.2, -0.15) is 0 Å². The number of carbonyl (C=O) groups excluding carboxylic acids is 2. The molecule has 45 heavy (non-hydrogen) atoms. The molecule has 10 nitrogen and oxygen atoms in total. The Bertz CT molecular complexity index is 1730. The van der Waals surface area contributed by atoms with Gasteiger partial charge in [0.2, 0.25) is 9.84 Å². The van der Waals surface area contributed by atoms with Gasteiger partial charge in [-0.25, -0.2) is 8.42 Å². The van der Waals surface area contributed by atoms with Crippen molar-refractivity contribution in [3.05, 3.63) is 109 Å². The summed E-state index contributed by atoms with van der Waals surface area (Å²) in [4.78, 5) is 24.1. The predicted octanol–water partition coefficient (Wildman–Crippen LogP) is 7.15. The van der Waals surface area contributed by atoms with E-state index in [-0.39, 0.29) is 21.6 Å². The molecule has 0 aliphatic rings. The smallest absolute Gasteiger partial charge is 0.250 e. The van der Waals surface area contributed by atoms with Crippen LogP contribution in [0.5, 0.6) is 34.5 Å². The predicted molar refractivity (Wildman–Crippen MR) is 171 cm³/mol. The molecular formula is C34H32N2O8S. The van der Waals surface area contributed by atoms with Gasteiger partial charge < -0.3 is 29.6 Å². The Morgan fingerprint density at radius 1 is 0.578 bits per heavy atom. The molecule has 232 valence electrons. The van der Waals surface area contributed by atoms with Crippen molar-refractivity contribution in [2.24, 2.45) is 0 Å². The molecule has 11 heteroatoms. The van der Waals surface area contributed by atoms with Crippen LogP contribution < -0.4 is 29.6 Å². The van der Waals surface area contributed by atoms with Crippen LogP contribution >= 0.6 is 0 Å². The van der Waals surface area contributed by atoms with E-state index in [1.54, 1.807) is 74.5 Å². The van der Waals surface area contributed by atoms with Gasteiger partial charge in [-0.05, 0) is 86.6 Å². The van der Waals surface area contributed by atoms with Crippen molar-refractivity contribution in [3.8, 4) is 34.5 Å². The van der Waals surface area contributed by atoms with Gasteiger partial charge >= 0.3 is 0 Å². The fourth-order valence-corrected chi connectivity index (χ4v) is 5.18. The van der Waals surface area contributed by atoms with Crippen LogP contribution in [0.4, 0.5) is 11.4 Å². The summed E-state index contributed by atoms with van der Waals surface area (Å²) in [5.41, 5.74) is 1.62. The summed E-state index contributed by atoms with van der Waals surface area (Å²) in [5, 5.41) is 5.42. The van der Waals surface area contributed by atoms with Gasteiger partial charge in [-0.3, -0.25) is 9.59 Å². The summed E-state index contributed by atoms with van der Waals surface area (Å²) in [6.07, 6.45) is 0. The molecule has 0 bridgehead atoms. The summed E-state index contributed by atoms with van der Waals surface area (Å²) in [6, 6.07) is 21.8. The van der Waals surface area contributed by atoms with Gasteiger partial charge in [0, 0.05) is 23.3 Å². The minimum Gasteiger partial charge on any atom is -0.494 e. The van der Waals surface area contributed by atoms with Gasteiger partial charge in [0.25, 0.3) is 11.8 Å². The summed E-state index contributed by atoms with van der Waals surface area (Å²) in [6.45, 7) is 10.4. The quantitative estimate of drug-likeness (QED) is 0.158. The minimum absolute atomic E-state index is 0.0797. The lowest BCUT2D eigenvalue weighted by Gasteiger charge is -2.13. The number of rotatable bonds is 12. The monoisotopic (exact) mass is 628 g/mol. The van der Waals surface area contributed by atoms with E-state index in [2.05, 4.69) is 23.8 Å². The third-order valence-electron chi connectivity index (χ3n) is 6.36. The molecule has 0 atom stereocenters. The lowest BCUT2D eigenvalue weighted by Crippen LogP contribution is -2.12. The van der Waals surface area contributed by atoms with Crippen LogP contribution in [-0.4, -0.2) is 34.5 Å². The zero-order chi connectivity index (χ0) is 32.7. The molecule has 0 unspecified atom stereocenters. The maximum atomic E-state index is 13.3.